The quantitative estimate of drug-likeness (QED) is 0.447. The highest BCUT2D eigenvalue weighted by Crippen LogP contribution is 2.32. The second-order valence-electron chi connectivity index (χ2n) is 7.38. The van der Waals surface area contributed by atoms with Crippen molar-refractivity contribution in [1.82, 2.24) is 14.8 Å². The molecule has 1 aromatic heterocycles. The normalized spacial score (nSPS) is 14.0. The minimum absolute atomic E-state index is 0.219. The van der Waals surface area contributed by atoms with Crippen LogP contribution in [-0.2, 0) is 20.7 Å². The van der Waals surface area contributed by atoms with Crippen LogP contribution in [0.2, 0.25) is 0 Å². The molecular weight excluding hydrogens is 378 g/mol. The Morgan fingerprint density at radius 2 is 1.73 bits per heavy atom. The molecule has 0 bridgehead atoms. The monoisotopic (exact) mass is 407 g/mol. The zero-order valence-electron chi connectivity index (χ0n) is 17.9. The van der Waals surface area contributed by atoms with Gasteiger partial charge in [0.2, 0.25) is 0 Å². The number of carbonyl (C=O) groups is 2. The number of rotatable bonds is 10. The molecule has 0 saturated heterocycles. The van der Waals surface area contributed by atoms with E-state index in [2.05, 4.69) is 4.98 Å². The summed E-state index contributed by atoms with van der Waals surface area (Å²) in [5.74, 6) is -0.444. The van der Waals surface area contributed by atoms with Crippen molar-refractivity contribution in [2.24, 2.45) is 0 Å². The summed E-state index contributed by atoms with van der Waals surface area (Å²) in [4.78, 5) is 34.0. The molecule has 158 valence electrons. The number of amides is 2. The van der Waals surface area contributed by atoms with Crippen LogP contribution in [0, 0.1) is 6.92 Å². The van der Waals surface area contributed by atoms with E-state index in [9.17, 15) is 9.59 Å². The van der Waals surface area contributed by atoms with Crippen LogP contribution < -0.4 is 0 Å². The van der Waals surface area contributed by atoms with Crippen molar-refractivity contribution in [1.29, 1.82) is 0 Å². The van der Waals surface area contributed by atoms with Gasteiger partial charge >= 0.3 is 0 Å². The molecule has 0 aliphatic carbocycles. The molecule has 0 spiro atoms. The SMILES string of the molecule is CCN(CCc1ccncc1)C1=C(c2ccc(C)cc2)C(=O)N(CCCOC)C1=O. The number of hydrogen-bond acceptors (Lipinski definition) is 5. The molecule has 2 amide bonds. The maximum atomic E-state index is 13.3. The lowest BCUT2D eigenvalue weighted by atomic mass is 10.0. The maximum Gasteiger partial charge on any atom is 0.277 e. The Labute approximate surface area is 178 Å². The molecule has 3 rings (SSSR count). The first-order valence-corrected chi connectivity index (χ1v) is 10.4. The number of carbonyl (C=O) groups excluding carboxylic acids is 2. The number of ether oxygens (including phenoxy) is 1. The third-order valence-corrected chi connectivity index (χ3v) is 5.33. The third kappa shape index (κ3) is 4.76. The molecular formula is C24H29N3O3. The van der Waals surface area contributed by atoms with Crippen molar-refractivity contribution in [2.45, 2.75) is 26.7 Å². The van der Waals surface area contributed by atoms with Crippen molar-refractivity contribution in [3.05, 3.63) is 71.2 Å². The van der Waals surface area contributed by atoms with Crippen LogP contribution >= 0.6 is 0 Å². The van der Waals surface area contributed by atoms with Crippen LogP contribution in [0.5, 0.6) is 0 Å². The topological polar surface area (TPSA) is 62.7 Å². The summed E-state index contributed by atoms with van der Waals surface area (Å²) in [7, 11) is 1.62. The Kier molecular flexibility index (Phi) is 7.36. The molecule has 1 aliphatic heterocycles. The molecule has 2 heterocycles. The Morgan fingerprint density at radius 1 is 1.03 bits per heavy atom. The Morgan fingerprint density at radius 3 is 2.37 bits per heavy atom. The second kappa shape index (κ2) is 10.2. The molecule has 6 nitrogen and oxygen atoms in total. The van der Waals surface area contributed by atoms with Crippen LogP contribution in [0.4, 0.5) is 0 Å². The number of hydrogen-bond donors (Lipinski definition) is 0. The van der Waals surface area contributed by atoms with Crippen LogP contribution in [0.3, 0.4) is 0 Å². The highest BCUT2D eigenvalue weighted by Gasteiger charge is 2.40. The molecule has 0 radical (unpaired) electrons. The third-order valence-electron chi connectivity index (χ3n) is 5.33. The van der Waals surface area contributed by atoms with E-state index in [1.807, 2.05) is 55.1 Å². The Hall–Kier alpha value is -2.99. The van der Waals surface area contributed by atoms with E-state index in [1.54, 1.807) is 19.5 Å². The summed E-state index contributed by atoms with van der Waals surface area (Å²) in [5.41, 5.74) is 4.03. The molecule has 1 aliphatic rings. The van der Waals surface area contributed by atoms with E-state index in [-0.39, 0.29) is 11.8 Å². The van der Waals surface area contributed by atoms with Crippen LogP contribution in [-0.4, -0.2) is 59.9 Å². The van der Waals surface area contributed by atoms with E-state index in [0.29, 0.717) is 43.9 Å². The fourth-order valence-electron chi connectivity index (χ4n) is 3.65. The van der Waals surface area contributed by atoms with Gasteiger partial charge in [0.15, 0.2) is 0 Å². The Balaban J connectivity index is 1.93. The van der Waals surface area contributed by atoms with E-state index in [4.69, 9.17) is 4.74 Å². The van der Waals surface area contributed by atoms with E-state index >= 15 is 0 Å². The highest BCUT2D eigenvalue weighted by atomic mass is 16.5. The van der Waals surface area contributed by atoms with Crippen molar-refractivity contribution in [3.8, 4) is 0 Å². The summed E-state index contributed by atoms with van der Waals surface area (Å²) < 4.78 is 5.10. The van der Waals surface area contributed by atoms with Crippen molar-refractivity contribution in [3.63, 3.8) is 0 Å². The number of imide groups is 1. The van der Waals surface area contributed by atoms with E-state index < -0.39 is 0 Å². The van der Waals surface area contributed by atoms with Gasteiger partial charge in [-0.3, -0.25) is 19.5 Å². The lowest BCUT2D eigenvalue weighted by molar-refractivity contribution is -0.137. The molecule has 0 atom stereocenters. The van der Waals surface area contributed by atoms with Gasteiger partial charge in [0.05, 0.1) is 5.57 Å². The fraction of sp³-hybridized carbons (Fsp3) is 0.375. The average Bonchev–Trinajstić information content (AvgIpc) is 3.01. The van der Waals surface area contributed by atoms with Crippen molar-refractivity contribution < 1.29 is 14.3 Å². The van der Waals surface area contributed by atoms with Gasteiger partial charge in [-0.25, -0.2) is 0 Å². The largest absolute Gasteiger partial charge is 0.385 e. The molecule has 2 aromatic rings. The minimum Gasteiger partial charge on any atom is -0.385 e. The summed E-state index contributed by atoms with van der Waals surface area (Å²) in [6.45, 7) is 6.16. The smallest absolute Gasteiger partial charge is 0.277 e. The van der Waals surface area contributed by atoms with Crippen molar-refractivity contribution in [2.75, 3.05) is 33.4 Å². The second-order valence-corrected chi connectivity index (χ2v) is 7.38. The molecule has 30 heavy (non-hydrogen) atoms. The maximum absolute atomic E-state index is 13.3. The lowest BCUT2D eigenvalue weighted by Gasteiger charge is -2.25. The van der Waals surface area contributed by atoms with Gasteiger partial charge in [-0.1, -0.05) is 29.8 Å². The number of aromatic nitrogens is 1. The van der Waals surface area contributed by atoms with Gasteiger partial charge in [-0.2, -0.15) is 0 Å². The van der Waals surface area contributed by atoms with E-state index in [0.717, 1.165) is 23.1 Å². The number of benzene rings is 1. The van der Waals surface area contributed by atoms with Crippen LogP contribution in [0.15, 0.2) is 54.5 Å². The molecule has 0 unspecified atom stereocenters. The van der Waals surface area contributed by atoms with Gasteiger partial charge in [0.1, 0.15) is 5.70 Å². The molecule has 6 heteroatoms. The standard InChI is InChI=1S/C24H29N3O3/c1-4-26(16-12-19-10-13-25-14-11-19)22-21(20-8-6-18(2)7-9-20)23(28)27(24(22)29)15-5-17-30-3/h6-11,13-14H,4-5,12,15-17H2,1-3H3. The predicted molar refractivity (Wildman–Crippen MR) is 117 cm³/mol. The van der Waals surface area contributed by atoms with Gasteiger partial charge in [0, 0.05) is 45.7 Å². The molecule has 0 N–H and O–H groups in total. The zero-order chi connectivity index (χ0) is 21.5. The Bertz CT molecular complexity index is 907. The molecule has 0 fully saturated rings. The van der Waals surface area contributed by atoms with Gasteiger partial charge in [-0.15, -0.1) is 0 Å². The summed E-state index contributed by atoms with van der Waals surface area (Å²) >= 11 is 0. The summed E-state index contributed by atoms with van der Waals surface area (Å²) in [5, 5.41) is 0. The van der Waals surface area contributed by atoms with Gasteiger partial charge in [-0.05, 0) is 49.9 Å². The molecule has 0 saturated carbocycles. The zero-order valence-corrected chi connectivity index (χ0v) is 17.9. The number of aryl methyl sites for hydroxylation is 1. The first-order chi connectivity index (χ1) is 14.6. The first kappa shape index (κ1) is 21.7. The predicted octanol–water partition coefficient (Wildman–Crippen LogP) is 3.07. The number of methoxy groups -OCH3 is 1. The average molecular weight is 408 g/mol. The summed E-state index contributed by atoms with van der Waals surface area (Å²) in [6.07, 6.45) is 4.92. The van der Waals surface area contributed by atoms with Crippen molar-refractivity contribution >= 4 is 17.4 Å². The summed E-state index contributed by atoms with van der Waals surface area (Å²) in [6, 6.07) is 11.7. The lowest BCUT2D eigenvalue weighted by Crippen LogP contribution is -2.36. The van der Waals surface area contributed by atoms with Gasteiger partial charge < -0.3 is 9.64 Å². The first-order valence-electron chi connectivity index (χ1n) is 10.4. The highest BCUT2D eigenvalue weighted by molar-refractivity contribution is 6.35. The number of pyridine rings is 1. The minimum atomic E-state index is -0.225. The molecule has 1 aromatic carbocycles. The van der Waals surface area contributed by atoms with E-state index in [1.165, 1.54) is 4.90 Å². The van der Waals surface area contributed by atoms with Gasteiger partial charge in [0.25, 0.3) is 11.8 Å². The van der Waals surface area contributed by atoms with Crippen LogP contribution in [0.1, 0.15) is 30.0 Å². The van der Waals surface area contributed by atoms with Crippen LogP contribution in [0.25, 0.3) is 5.57 Å². The number of nitrogens with zero attached hydrogens (tertiary/aromatic N) is 3. The fourth-order valence-corrected chi connectivity index (χ4v) is 3.65. The number of likely N-dealkylation sites (N-methyl/N-ethyl adjacent to an activating group) is 1.